The molecule has 3 aromatic rings. The van der Waals surface area contributed by atoms with Crippen molar-refractivity contribution < 1.29 is 19.1 Å². The van der Waals surface area contributed by atoms with Crippen LogP contribution in [0, 0.1) is 0 Å². The molecule has 1 atom stereocenters. The summed E-state index contributed by atoms with van der Waals surface area (Å²) in [7, 11) is 7.06. The van der Waals surface area contributed by atoms with Crippen molar-refractivity contribution in [2.45, 2.75) is 5.37 Å². The smallest absolute Gasteiger partial charge is 0.255 e. The molecule has 4 rings (SSSR count). The number of amides is 2. The van der Waals surface area contributed by atoms with Gasteiger partial charge in [0.05, 0.1) is 20.0 Å². The van der Waals surface area contributed by atoms with Crippen LogP contribution in [0.15, 0.2) is 66.7 Å². The predicted octanol–water partition coefficient (Wildman–Crippen LogP) is 4.80. The SMILES string of the molecule is COc1cc(OC)cc(C(=O)Nc2ccc([C@H]3SCC(=O)N3c3ccc(N(C)C)cc3)cc2)c1. The fourth-order valence-corrected chi connectivity index (χ4v) is 4.91. The van der Waals surface area contributed by atoms with Gasteiger partial charge in [-0.1, -0.05) is 12.1 Å². The zero-order valence-corrected chi connectivity index (χ0v) is 20.4. The van der Waals surface area contributed by atoms with Crippen molar-refractivity contribution in [3.63, 3.8) is 0 Å². The third kappa shape index (κ3) is 4.97. The Morgan fingerprint density at radius 2 is 1.59 bits per heavy atom. The van der Waals surface area contributed by atoms with Gasteiger partial charge in [0.2, 0.25) is 5.91 Å². The molecule has 34 heavy (non-hydrogen) atoms. The molecule has 0 aliphatic carbocycles. The lowest BCUT2D eigenvalue weighted by atomic mass is 10.1. The molecule has 1 saturated heterocycles. The summed E-state index contributed by atoms with van der Waals surface area (Å²) in [6.07, 6.45) is 0. The fourth-order valence-electron chi connectivity index (χ4n) is 3.73. The topological polar surface area (TPSA) is 71.1 Å². The van der Waals surface area contributed by atoms with Gasteiger partial charge in [-0.25, -0.2) is 0 Å². The molecule has 0 bridgehead atoms. The fraction of sp³-hybridized carbons (Fsp3) is 0.231. The number of ether oxygens (including phenoxy) is 2. The maximum absolute atomic E-state index is 12.8. The van der Waals surface area contributed by atoms with Gasteiger partial charge in [-0.15, -0.1) is 11.8 Å². The van der Waals surface area contributed by atoms with Gasteiger partial charge in [0.1, 0.15) is 16.9 Å². The van der Waals surface area contributed by atoms with E-state index in [9.17, 15) is 9.59 Å². The monoisotopic (exact) mass is 477 g/mol. The predicted molar refractivity (Wildman–Crippen MR) is 137 cm³/mol. The van der Waals surface area contributed by atoms with Crippen molar-refractivity contribution in [3.05, 3.63) is 77.9 Å². The Balaban J connectivity index is 1.50. The molecule has 7 nitrogen and oxygen atoms in total. The standard InChI is InChI=1S/C26H27N3O4S/c1-28(2)20-9-11-21(12-10-20)29-24(30)16-34-26(29)17-5-7-19(8-6-17)27-25(31)18-13-22(32-3)15-23(14-18)33-4/h5-15,26H,16H2,1-4H3,(H,27,31)/t26-/m1/s1. The molecule has 1 fully saturated rings. The Morgan fingerprint density at radius 1 is 0.971 bits per heavy atom. The Labute approximate surface area is 203 Å². The van der Waals surface area contributed by atoms with Crippen LogP contribution in [0.3, 0.4) is 0 Å². The summed E-state index contributed by atoms with van der Waals surface area (Å²) in [5, 5.41) is 2.78. The van der Waals surface area contributed by atoms with Crippen LogP contribution in [0.2, 0.25) is 0 Å². The van der Waals surface area contributed by atoms with Gasteiger partial charge in [-0.05, 0) is 54.1 Å². The van der Waals surface area contributed by atoms with E-state index in [0.29, 0.717) is 28.5 Å². The van der Waals surface area contributed by atoms with Crippen LogP contribution in [0.5, 0.6) is 11.5 Å². The number of carbonyl (C=O) groups excluding carboxylic acids is 2. The number of nitrogens with zero attached hydrogens (tertiary/aromatic N) is 2. The average Bonchev–Trinajstić information content (AvgIpc) is 3.25. The highest BCUT2D eigenvalue weighted by Crippen LogP contribution is 2.42. The molecule has 0 radical (unpaired) electrons. The molecular formula is C26H27N3O4S. The molecule has 0 aromatic heterocycles. The minimum Gasteiger partial charge on any atom is -0.497 e. The maximum atomic E-state index is 12.8. The Bertz CT molecular complexity index is 1160. The van der Waals surface area contributed by atoms with E-state index < -0.39 is 0 Å². The molecule has 176 valence electrons. The number of rotatable bonds is 7. The van der Waals surface area contributed by atoms with E-state index in [1.54, 1.807) is 44.2 Å². The van der Waals surface area contributed by atoms with Gasteiger partial charge >= 0.3 is 0 Å². The van der Waals surface area contributed by atoms with Gasteiger partial charge in [0, 0.05) is 42.8 Å². The molecule has 1 N–H and O–H groups in total. The van der Waals surface area contributed by atoms with Crippen molar-refractivity contribution in [2.24, 2.45) is 0 Å². The third-order valence-electron chi connectivity index (χ3n) is 5.58. The quantitative estimate of drug-likeness (QED) is 0.527. The largest absolute Gasteiger partial charge is 0.497 e. The normalized spacial score (nSPS) is 15.2. The number of hydrogen-bond donors (Lipinski definition) is 1. The second-order valence-corrected chi connectivity index (χ2v) is 9.08. The van der Waals surface area contributed by atoms with E-state index in [0.717, 1.165) is 16.9 Å². The lowest BCUT2D eigenvalue weighted by Crippen LogP contribution is -2.27. The molecule has 0 saturated carbocycles. The lowest BCUT2D eigenvalue weighted by molar-refractivity contribution is -0.115. The zero-order valence-electron chi connectivity index (χ0n) is 19.6. The number of carbonyl (C=O) groups is 2. The van der Waals surface area contributed by atoms with Crippen LogP contribution >= 0.6 is 11.8 Å². The summed E-state index contributed by atoms with van der Waals surface area (Å²) in [5.74, 6) is 1.33. The molecule has 2 amide bonds. The van der Waals surface area contributed by atoms with E-state index in [1.165, 1.54) is 0 Å². The molecule has 8 heteroatoms. The van der Waals surface area contributed by atoms with Crippen molar-refractivity contribution in [3.8, 4) is 11.5 Å². The van der Waals surface area contributed by atoms with E-state index >= 15 is 0 Å². The van der Waals surface area contributed by atoms with Crippen LogP contribution in [0.25, 0.3) is 0 Å². The van der Waals surface area contributed by atoms with Gasteiger partial charge < -0.3 is 19.7 Å². The van der Waals surface area contributed by atoms with E-state index in [-0.39, 0.29) is 17.2 Å². The number of methoxy groups -OCH3 is 2. The molecule has 1 aliphatic rings. The van der Waals surface area contributed by atoms with Gasteiger partial charge in [0.15, 0.2) is 0 Å². The minimum absolute atomic E-state index is 0.0805. The highest BCUT2D eigenvalue weighted by molar-refractivity contribution is 8.00. The summed E-state index contributed by atoms with van der Waals surface area (Å²) in [4.78, 5) is 29.3. The molecule has 0 spiro atoms. The third-order valence-corrected chi connectivity index (χ3v) is 6.79. The summed E-state index contributed by atoms with van der Waals surface area (Å²) >= 11 is 1.59. The van der Waals surface area contributed by atoms with Crippen LogP contribution < -0.4 is 24.6 Å². The summed E-state index contributed by atoms with van der Waals surface area (Å²) in [6.45, 7) is 0. The van der Waals surface area contributed by atoms with Crippen molar-refractivity contribution in [1.82, 2.24) is 0 Å². The Kier molecular flexibility index (Phi) is 6.98. The van der Waals surface area contributed by atoms with Crippen molar-refractivity contribution in [2.75, 3.05) is 49.2 Å². The summed E-state index contributed by atoms with van der Waals surface area (Å²) < 4.78 is 10.5. The number of benzene rings is 3. The first kappa shape index (κ1) is 23.5. The summed E-state index contributed by atoms with van der Waals surface area (Å²) in [5.41, 5.74) is 4.04. The first-order valence-electron chi connectivity index (χ1n) is 10.7. The van der Waals surface area contributed by atoms with Gasteiger partial charge in [-0.2, -0.15) is 0 Å². The zero-order chi connectivity index (χ0) is 24.2. The lowest BCUT2D eigenvalue weighted by Gasteiger charge is -2.25. The van der Waals surface area contributed by atoms with Crippen molar-refractivity contribution in [1.29, 1.82) is 0 Å². The Hall–Kier alpha value is -3.65. The number of thioether (sulfide) groups is 1. The average molecular weight is 478 g/mol. The molecule has 1 aliphatic heterocycles. The molecule has 1 heterocycles. The van der Waals surface area contributed by atoms with E-state index in [1.807, 2.05) is 72.4 Å². The molecule has 0 unspecified atom stereocenters. The van der Waals surface area contributed by atoms with Gasteiger partial charge in [0.25, 0.3) is 5.91 Å². The maximum Gasteiger partial charge on any atom is 0.255 e. The van der Waals surface area contributed by atoms with Crippen molar-refractivity contribution >= 4 is 40.6 Å². The number of hydrogen-bond acceptors (Lipinski definition) is 6. The Morgan fingerprint density at radius 3 is 2.15 bits per heavy atom. The highest BCUT2D eigenvalue weighted by Gasteiger charge is 2.34. The first-order chi connectivity index (χ1) is 16.4. The van der Waals surface area contributed by atoms with Crippen LogP contribution in [0.4, 0.5) is 17.1 Å². The number of anilines is 3. The van der Waals surface area contributed by atoms with E-state index in [2.05, 4.69) is 5.32 Å². The first-order valence-corrected chi connectivity index (χ1v) is 11.8. The van der Waals surface area contributed by atoms with E-state index in [4.69, 9.17) is 9.47 Å². The molecular weight excluding hydrogens is 450 g/mol. The van der Waals surface area contributed by atoms with Crippen LogP contribution in [0.1, 0.15) is 21.3 Å². The molecule has 3 aromatic carbocycles. The summed E-state index contributed by atoms with van der Waals surface area (Å²) in [6, 6.07) is 20.6. The highest BCUT2D eigenvalue weighted by atomic mass is 32.2. The second-order valence-electron chi connectivity index (χ2n) is 8.02. The number of nitrogens with one attached hydrogen (secondary N) is 1. The second kappa shape index (κ2) is 10.1. The van der Waals surface area contributed by atoms with Crippen LogP contribution in [-0.2, 0) is 4.79 Å². The van der Waals surface area contributed by atoms with Crippen LogP contribution in [-0.4, -0.2) is 45.9 Å². The minimum atomic E-state index is -0.266. The van der Waals surface area contributed by atoms with Gasteiger partial charge in [-0.3, -0.25) is 14.5 Å².